The third-order valence-electron chi connectivity index (χ3n) is 3.21. The summed E-state index contributed by atoms with van der Waals surface area (Å²) in [5, 5.41) is 3.60. The molecule has 0 saturated heterocycles. The normalized spacial score (nSPS) is 18.5. The molecule has 1 fully saturated rings. The van der Waals surface area contributed by atoms with Crippen LogP contribution in [0, 0.1) is 0 Å². The largest absolute Gasteiger partial charge is 0.378 e. The number of hydrogen-bond donors (Lipinski definition) is 1. The summed E-state index contributed by atoms with van der Waals surface area (Å²) in [6.45, 7) is 7.30. The molecule has 0 unspecified atom stereocenters. The summed E-state index contributed by atoms with van der Waals surface area (Å²) in [4.78, 5) is 0. The maximum Gasteiger partial charge on any atom is 0.0703 e. The first-order valence-electron chi connectivity index (χ1n) is 7.22. The van der Waals surface area contributed by atoms with Gasteiger partial charge in [-0.15, -0.1) is 0 Å². The fourth-order valence-electron chi connectivity index (χ4n) is 2.26. The van der Waals surface area contributed by atoms with Crippen LogP contribution < -0.4 is 5.32 Å². The molecule has 1 saturated carbocycles. The molecule has 102 valence electrons. The van der Waals surface area contributed by atoms with Crippen molar-refractivity contribution in [2.24, 2.45) is 0 Å². The van der Waals surface area contributed by atoms with Crippen LogP contribution in [0.3, 0.4) is 0 Å². The highest BCUT2D eigenvalue weighted by Gasteiger charge is 2.10. The predicted molar refractivity (Wildman–Crippen MR) is 71.4 cm³/mol. The summed E-state index contributed by atoms with van der Waals surface area (Å²) in [6, 6.07) is 0.730. The lowest BCUT2D eigenvalue weighted by atomic mass is 10.1. The maximum atomic E-state index is 5.52. The van der Waals surface area contributed by atoms with Crippen molar-refractivity contribution in [2.75, 3.05) is 26.4 Å². The van der Waals surface area contributed by atoms with Gasteiger partial charge in [-0.1, -0.05) is 25.7 Å². The Morgan fingerprint density at radius 2 is 1.71 bits per heavy atom. The van der Waals surface area contributed by atoms with E-state index in [1.807, 2.05) is 13.8 Å². The number of rotatable bonds is 8. The smallest absolute Gasteiger partial charge is 0.0703 e. The molecule has 0 aromatic heterocycles. The van der Waals surface area contributed by atoms with Crippen molar-refractivity contribution in [3.8, 4) is 0 Å². The van der Waals surface area contributed by atoms with Crippen LogP contribution >= 0.6 is 0 Å². The fraction of sp³-hybridized carbons (Fsp3) is 1.00. The van der Waals surface area contributed by atoms with E-state index in [4.69, 9.17) is 9.47 Å². The molecule has 0 heterocycles. The van der Waals surface area contributed by atoms with Crippen molar-refractivity contribution in [2.45, 2.75) is 64.5 Å². The topological polar surface area (TPSA) is 30.5 Å². The Labute approximate surface area is 106 Å². The molecule has 0 radical (unpaired) electrons. The molecule has 1 N–H and O–H groups in total. The van der Waals surface area contributed by atoms with E-state index >= 15 is 0 Å². The van der Waals surface area contributed by atoms with E-state index in [-0.39, 0.29) is 0 Å². The summed E-state index contributed by atoms with van der Waals surface area (Å²) < 4.78 is 10.9. The van der Waals surface area contributed by atoms with Gasteiger partial charge >= 0.3 is 0 Å². The SMILES string of the molecule is CC(C)OCCOCCNC1CCCCCC1. The molecule has 1 aliphatic carbocycles. The third kappa shape index (κ3) is 8.58. The van der Waals surface area contributed by atoms with Crippen LogP contribution in [0.2, 0.25) is 0 Å². The third-order valence-corrected chi connectivity index (χ3v) is 3.21. The molecule has 0 bridgehead atoms. The number of nitrogens with one attached hydrogen (secondary N) is 1. The lowest BCUT2D eigenvalue weighted by Crippen LogP contribution is -2.31. The quantitative estimate of drug-likeness (QED) is 0.525. The number of hydrogen-bond acceptors (Lipinski definition) is 3. The van der Waals surface area contributed by atoms with Crippen LogP contribution in [0.1, 0.15) is 52.4 Å². The first kappa shape index (κ1) is 14.9. The fourth-order valence-corrected chi connectivity index (χ4v) is 2.26. The van der Waals surface area contributed by atoms with Gasteiger partial charge in [0.15, 0.2) is 0 Å². The van der Waals surface area contributed by atoms with E-state index in [0.29, 0.717) is 19.3 Å². The van der Waals surface area contributed by atoms with Crippen LogP contribution in [0.25, 0.3) is 0 Å². The number of ether oxygens (including phenoxy) is 2. The summed E-state index contributed by atoms with van der Waals surface area (Å²) in [7, 11) is 0. The standard InChI is InChI=1S/C14H29NO2/c1-13(2)17-12-11-16-10-9-15-14-7-5-3-4-6-8-14/h13-15H,3-12H2,1-2H3. The summed E-state index contributed by atoms with van der Waals surface area (Å²) >= 11 is 0. The lowest BCUT2D eigenvalue weighted by molar-refractivity contribution is 0.0200. The van der Waals surface area contributed by atoms with Gasteiger partial charge in [-0.05, 0) is 26.7 Å². The van der Waals surface area contributed by atoms with Gasteiger partial charge in [0.2, 0.25) is 0 Å². The van der Waals surface area contributed by atoms with Crippen LogP contribution in [0.5, 0.6) is 0 Å². The second-order valence-electron chi connectivity index (χ2n) is 5.17. The van der Waals surface area contributed by atoms with Gasteiger partial charge < -0.3 is 14.8 Å². The van der Waals surface area contributed by atoms with Crippen molar-refractivity contribution < 1.29 is 9.47 Å². The summed E-state index contributed by atoms with van der Waals surface area (Å²) in [5.41, 5.74) is 0. The van der Waals surface area contributed by atoms with Gasteiger partial charge in [-0.2, -0.15) is 0 Å². The first-order chi connectivity index (χ1) is 8.29. The molecule has 17 heavy (non-hydrogen) atoms. The van der Waals surface area contributed by atoms with Crippen molar-refractivity contribution in [3.05, 3.63) is 0 Å². The zero-order chi connectivity index (χ0) is 12.3. The molecule has 0 amide bonds. The van der Waals surface area contributed by atoms with Crippen molar-refractivity contribution in [1.29, 1.82) is 0 Å². The van der Waals surface area contributed by atoms with Crippen molar-refractivity contribution in [3.63, 3.8) is 0 Å². The first-order valence-corrected chi connectivity index (χ1v) is 7.22. The van der Waals surface area contributed by atoms with E-state index in [1.165, 1.54) is 38.5 Å². The minimum Gasteiger partial charge on any atom is -0.378 e. The van der Waals surface area contributed by atoms with Crippen LogP contribution in [-0.2, 0) is 9.47 Å². The predicted octanol–water partition coefficient (Wildman–Crippen LogP) is 2.74. The Bertz CT molecular complexity index is 166. The average molecular weight is 243 g/mol. The molecule has 3 nitrogen and oxygen atoms in total. The second kappa shape index (κ2) is 9.86. The van der Waals surface area contributed by atoms with Gasteiger partial charge in [0.25, 0.3) is 0 Å². The zero-order valence-electron chi connectivity index (χ0n) is 11.5. The molecule has 0 aromatic carbocycles. The highest BCUT2D eigenvalue weighted by molar-refractivity contribution is 4.70. The molecule has 1 aliphatic rings. The zero-order valence-corrected chi connectivity index (χ0v) is 11.5. The van der Waals surface area contributed by atoms with E-state index < -0.39 is 0 Å². The van der Waals surface area contributed by atoms with Gasteiger partial charge in [0.05, 0.1) is 25.9 Å². The molecule has 3 heteroatoms. The van der Waals surface area contributed by atoms with Gasteiger partial charge in [0.1, 0.15) is 0 Å². The van der Waals surface area contributed by atoms with Gasteiger partial charge in [-0.25, -0.2) is 0 Å². The molecule has 0 aromatic rings. The molecule has 0 atom stereocenters. The lowest BCUT2D eigenvalue weighted by Gasteiger charge is -2.16. The molecular weight excluding hydrogens is 214 g/mol. The Hall–Kier alpha value is -0.120. The minimum atomic E-state index is 0.308. The maximum absolute atomic E-state index is 5.52. The molecule has 0 aliphatic heterocycles. The average Bonchev–Trinajstić information content (AvgIpc) is 2.56. The Kier molecular flexibility index (Phi) is 8.67. The molecule has 0 spiro atoms. The van der Waals surface area contributed by atoms with Crippen molar-refractivity contribution in [1.82, 2.24) is 5.32 Å². The highest BCUT2D eigenvalue weighted by Crippen LogP contribution is 2.16. The molecular formula is C14H29NO2. The molecule has 1 rings (SSSR count). The Morgan fingerprint density at radius 1 is 1.00 bits per heavy atom. The monoisotopic (exact) mass is 243 g/mol. The van der Waals surface area contributed by atoms with E-state index in [0.717, 1.165) is 19.2 Å². The Morgan fingerprint density at radius 3 is 2.35 bits per heavy atom. The van der Waals surface area contributed by atoms with E-state index in [2.05, 4.69) is 5.32 Å². The second-order valence-corrected chi connectivity index (χ2v) is 5.17. The minimum absolute atomic E-state index is 0.308. The van der Waals surface area contributed by atoms with Crippen LogP contribution in [0.15, 0.2) is 0 Å². The summed E-state index contributed by atoms with van der Waals surface area (Å²) in [6.07, 6.45) is 8.61. The summed E-state index contributed by atoms with van der Waals surface area (Å²) in [5.74, 6) is 0. The van der Waals surface area contributed by atoms with Gasteiger partial charge in [0, 0.05) is 12.6 Å². The van der Waals surface area contributed by atoms with Crippen molar-refractivity contribution >= 4 is 0 Å². The van der Waals surface area contributed by atoms with Crippen LogP contribution in [0.4, 0.5) is 0 Å². The van der Waals surface area contributed by atoms with E-state index in [1.54, 1.807) is 0 Å². The van der Waals surface area contributed by atoms with Gasteiger partial charge in [-0.3, -0.25) is 0 Å². The highest BCUT2D eigenvalue weighted by atomic mass is 16.5. The van der Waals surface area contributed by atoms with E-state index in [9.17, 15) is 0 Å². The Balaban J connectivity index is 1.86. The van der Waals surface area contributed by atoms with Crippen LogP contribution in [-0.4, -0.2) is 38.5 Å².